The van der Waals surface area contributed by atoms with Gasteiger partial charge in [-0.05, 0) is 19.8 Å². The maximum Gasteiger partial charge on any atom is 0.320 e. The van der Waals surface area contributed by atoms with Crippen LogP contribution in [-0.4, -0.2) is 91.6 Å². The molecule has 0 aromatic rings. The molecule has 0 saturated carbocycles. The summed E-state index contributed by atoms with van der Waals surface area (Å²) >= 11 is 0. The molecule has 0 aliphatic carbocycles. The maximum atomic E-state index is 11.9. The monoisotopic (exact) mass is 339 g/mol. The highest BCUT2D eigenvalue weighted by atomic mass is 16.5. The predicted octanol–water partition coefficient (Wildman–Crippen LogP) is 0.318. The summed E-state index contributed by atoms with van der Waals surface area (Å²) in [6.45, 7) is 11.4. The number of carbonyl (C=O) groups excluding carboxylic acids is 2. The molecule has 2 saturated heterocycles. The zero-order valence-corrected chi connectivity index (χ0v) is 14.6. The van der Waals surface area contributed by atoms with Crippen LogP contribution >= 0.6 is 0 Å². The Labute approximate surface area is 144 Å². The molecule has 7 heteroatoms. The van der Waals surface area contributed by atoms with Crippen molar-refractivity contribution in [2.45, 2.75) is 25.8 Å². The van der Waals surface area contributed by atoms with Gasteiger partial charge in [0, 0.05) is 45.3 Å². The van der Waals surface area contributed by atoms with Gasteiger partial charge in [0.15, 0.2) is 6.61 Å². The van der Waals surface area contributed by atoms with Crippen LogP contribution in [0.15, 0.2) is 12.8 Å². The van der Waals surface area contributed by atoms with E-state index in [0.717, 1.165) is 52.1 Å². The molecular weight excluding hydrogens is 310 g/mol. The summed E-state index contributed by atoms with van der Waals surface area (Å²) in [6, 6.07) is 0.546. The average Bonchev–Trinajstić information content (AvgIpc) is 2.60. The SMILES string of the molecule is C=COCC(=O)N1CCN(C2CCN(CC(=O)OCC)CC2)CC1. The Balaban J connectivity index is 1.68. The summed E-state index contributed by atoms with van der Waals surface area (Å²) in [6.07, 6.45) is 3.43. The zero-order valence-electron chi connectivity index (χ0n) is 14.6. The molecule has 0 spiro atoms. The molecule has 1 amide bonds. The van der Waals surface area contributed by atoms with Crippen LogP contribution in [-0.2, 0) is 19.1 Å². The minimum absolute atomic E-state index is 0.0267. The first-order chi connectivity index (χ1) is 11.6. The summed E-state index contributed by atoms with van der Waals surface area (Å²) < 4.78 is 9.97. The number of nitrogens with zero attached hydrogens (tertiary/aromatic N) is 3. The molecule has 0 radical (unpaired) electrons. The molecule has 0 unspecified atom stereocenters. The number of hydrogen-bond donors (Lipinski definition) is 0. The van der Waals surface area contributed by atoms with E-state index in [0.29, 0.717) is 19.2 Å². The Morgan fingerprint density at radius 3 is 2.38 bits per heavy atom. The van der Waals surface area contributed by atoms with Gasteiger partial charge < -0.3 is 14.4 Å². The molecule has 2 fully saturated rings. The fourth-order valence-corrected chi connectivity index (χ4v) is 3.39. The van der Waals surface area contributed by atoms with Crippen molar-refractivity contribution in [3.05, 3.63) is 12.8 Å². The van der Waals surface area contributed by atoms with Gasteiger partial charge in [0.1, 0.15) is 0 Å². The van der Waals surface area contributed by atoms with Crippen molar-refractivity contribution in [1.29, 1.82) is 0 Å². The standard InChI is InChI=1S/C17H29N3O4/c1-3-23-14-16(21)20-11-9-19(10-12-20)15-5-7-18(8-6-15)13-17(22)24-4-2/h3,15H,1,4-14H2,2H3. The van der Waals surface area contributed by atoms with Crippen molar-refractivity contribution in [3.8, 4) is 0 Å². The third-order valence-electron chi connectivity index (χ3n) is 4.72. The molecular formula is C17H29N3O4. The van der Waals surface area contributed by atoms with Gasteiger partial charge in [-0.25, -0.2) is 0 Å². The maximum absolute atomic E-state index is 11.9. The quantitative estimate of drug-likeness (QED) is 0.492. The second-order valence-electron chi connectivity index (χ2n) is 6.21. The van der Waals surface area contributed by atoms with Gasteiger partial charge in [-0.15, -0.1) is 0 Å². The molecule has 2 rings (SSSR count). The summed E-state index contributed by atoms with van der Waals surface area (Å²) in [7, 11) is 0. The molecule has 0 N–H and O–H groups in total. The molecule has 24 heavy (non-hydrogen) atoms. The number of ether oxygens (including phenoxy) is 2. The van der Waals surface area contributed by atoms with E-state index in [1.165, 1.54) is 6.26 Å². The third kappa shape index (κ3) is 5.49. The van der Waals surface area contributed by atoms with Gasteiger partial charge in [0.05, 0.1) is 19.4 Å². The highest BCUT2D eigenvalue weighted by Gasteiger charge is 2.29. The van der Waals surface area contributed by atoms with E-state index in [1.807, 2.05) is 11.8 Å². The summed E-state index contributed by atoms with van der Waals surface area (Å²) in [5.74, 6) is -0.108. The lowest BCUT2D eigenvalue weighted by atomic mass is 10.0. The van der Waals surface area contributed by atoms with Gasteiger partial charge in [-0.1, -0.05) is 6.58 Å². The van der Waals surface area contributed by atoms with Crippen LogP contribution in [0.25, 0.3) is 0 Å². The largest absolute Gasteiger partial charge is 0.492 e. The van der Waals surface area contributed by atoms with Gasteiger partial charge in [0.2, 0.25) is 0 Å². The van der Waals surface area contributed by atoms with E-state index in [2.05, 4.69) is 16.4 Å². The topological polar surface area (TPSA) is 62.3 Å². The second kappa shape index (κ2) is 9.64. The molecule has 2 heterocycles. The van der Waals surface area contributed by atoms with E-state index in [-0.39, 0.29) is 18.5 Å². The van der Waals surface area contributed by atoms with Crippen LogP contribution in [0.2, 0.25) is 0 Å². The molecule has 7 nitrogen and oxygen atoms in total. The van der Waals surface area contributed by atoms with Crippen LogP contribution in [0.4, 0.5) is 0 Å². The predicted molar refractivity (Wildman–Crippen MR) is 90.4 cm³/mol. The summed E-state index contributed by atoms with van der Waals surface area (Å²) in [5.41, 5.74) is 0. The summed E-state index contributed by atoms with van der Waals surface area (Å²) in [4.78, 5) is 30.0. The lowest BCUT2D eigenvalue weighted by Gasteiger charge is -2.42. The Morgan fingerprint density at radius 1 is 1.12 bits per heavy atom. The van der Waals surface area contributed by atoms with Crippen LogP contribution in [0.5, 0.6) is 0 Å². The molecule has 0 atom stereocenters. The van der Waals surface area contributed by atoms with Crippen LogP contribution in [0, 0.1) is 0 Å². The first-order valence-electron chi connectivity index (χ1n) is 8.76. The summed E-state index contributed by atoms with van der Waals surface area (Å²) in [5, 5.41) is 0. The Bertz CT molecular complexity index is 428. The molecule has 2 aliphatic rings. The lowest BCUT2D eigenvalue weighted by Crippen LogP contribution is -2.55. The van der Waals surface area contributed by atoms with Crippen molar-refractivity contribution < 1.29 is 19.1 Å². The van der Waals surface area contributed by atoms with Crippen LogP contribution in [0.1, 0.15) is 19.8 Å². The smallest absolute Gasteiger partial charge is 0.320 e. The van der Waals surface area contributed by atoms with E-state index < -0.39 is 0 Å². The molecule has 0 bridgehead atoms. The lowest BCUT2D eigenvalue weighted by molar-refractivity contribution is -0.144. The Kier molecular flexibility index (Phi) is 7.52. The fraction of sp³-hybridized carbons (Fsp3) is 0.765. The van der Waals surface area contributed by atoms with E-state index in [1.54, 1.807) is 0 Å². The second-order valence-corrected chi connectivity index (χ2v) is 6.21. The molecule has 136 valence electrons. The minimum Gasteiger partial charge on any atom is -0.492 e. The fourth-order valence-electron chi connectivity index (χ4n) is 3.39. The number of amides is 1. The van der Waals surface area contributed by atoms with Gasteiger partial charge in [0.25, 0.3) is 5.91 Å². The molecule has 0 aromatic heterocycles. The first kappa shape index (κ1) is 18.7. The number of hydrogen-bond acceptors (Lipinski definition) is 6. The van der Waals surface area contributed by atoms with Crippen molar-refractivity contribution in [3.63, 3.8) is 0 Å². The highest BCUT2D eigenvalue weighted by Crippen LogP contribution is 2.18. The molecule has 0 aromatic carbocycles. The van der Waals surface area contributed by atoms with E-state index >= 15 is 0 Å². The van der Waals surface area contributed by atoms with Gasteiger partial charge in [-0.2, -0.15) is 0 Å². The van der Waals surface area contributed by atoms with Crippen molar-refractivity contribution >= 4 is 11.9 Å². The zero-order chi connectivity index (χ0) is 17.4. The average molecular weight is 339 g/mol. The third-order valence-corrected chi connectivity index (χ3v) is 4.72. The molecule has 2 aliphatic heterocycles. The van der Waals surface area contributed by atoms with Crippen molar-refractivity contribution in [1.82, 2.24) is 14.7 Å². The normalized spacial score (nSPS) is 20.6. The van der Waals surface area contributed by atoms with Crippen molar-refractivity contribution in [2.24, 2.45) is 0 Å². The van der Waals surface area contributed by atoms with Gasteiger partial charge >= 0.3 is 5.97 Å². The number of esters is 1. The van der Waals surface area contributed by atoms with Gasteiger partial charge in [-0.3, -0.25) is 19.4 Å². The number of piperidine rings is 1. The Hall–Kier alpha value is -1.60. The van der Waals surface area contributed by atoms with Crippen molar-refractivity contribution in [2.75, 3.05) is 59.0 Å². The van der Waals surface area contributed by atoms with E-state index in [9.17, 15) is 9.59 Å². The Morgan fingerprint density at radius 2 is 1.79 bits per heavy atom. The van der Waals surface area contributed by atoms with E-state index in [4.69, 9.17) is 9.47 Å². The van der Waals surface area contributed by atoms with Crippen LogP contribution in [0.3, 0.4) is 0 Å². The number of rotatable bonds is 7. The minimum atomic E-state index is -0.134. The highest BCUT2D eigenvalue weighted by molar-refractivity contribution is 5.77. The number of likely N-dealkylation sites (tertiary alicyclic amines) is 1. The number of piperazine rings is 1. The number of carbonyl (C=O) groups is 2. The van der Waals surface area contributed by atoms with Crippen LogP contribution < -0.4 is 0 Å². The first-order valence-corrected chi connectivity index (χ1v) is 8.76.